The molecule has 2 saturated heterocycles. The second-order valence-electron chi connectivity index (χ2n) is 8.42. The number of esters is 1. The topological polar surface area (TPSA) is 117 Å². The molecule has 0 unspecified atom stereocenters. The summed E-state index contributed by atoms with van der Waals surface area (Å²) in [5.41, 5.74) is 1.34. The number of carboxylic acid groups (broad SMARTS) is 2. The first-order valence-corrected chi connectivity index (χ1v) is 9.86. The van der Waals surface area contributed by atoms with Crippen LogP contribution in [0.25, 0.3) is 0 Å². The molecule has 2 fully saturated rings. The molecule has 0 bridgehead atoms. The number of aliphatic carboxylic acids is 2. The van der Waals surface area contributed by atoms with E-state index in [9.17, 15) is 14.4 Å². The van der Waals surface area contributed by atoms with Gasteiger partial charge in [-0.25, -0.2) is 9.59 Å². The van der Waals surface area contributed by atoms with Gasteiger partial charge in [-0.05, 0) is 53.6 Å². The van der Waals surface area contributed by atoms with Crippen molar-refractivity contribution in [2.24, 2.45) is 11.8 Å². The number of hydrogen-bond donors (Lipinski definition) is 2. The predicted molar refractivity (Wildman–Crippen MR) is 105 cm³/mol. The van der Waals surface area contributed by atoms with Gasteiger partial charge in [-0.15, -0.1) is 0 Å². The van der Waals surface area contributed by atoms with Gasteiger partial charge in [-0.1, -0.05) is 11.6 Å². The molecule has 2 N–H and O–H groups in total. The van der Waals surface area contributed by atoms with Crippen LogP contribution in [-0.2, 0) is 23.9 Å². The zero-order valence-electron chi connectivity index (χ0n) is 17.5. The highest BCUT2D eigenvalue weighted by Gasteiger charge is 2.62. The smallest absolute Gasteiger partial charge is 0.328 e. The molecule has 0 aromatic heterocycles. The van der Waals surface area contributed by atoms with E-state index < -0.39 is 11.9 Å². The lowest BCUT2D eigenvalue weighted by Crippen LogP contribution is -2.34. The fourth-order valence-corrected chi connectivity index (χ4v) is 4.08. The van der Waals surface area contributed by atoms with Gasteiger partial charge in [-0.2, -0.15) is 0 Å². The van der Waals surface area contributed by atoms with Crippen LogP contribution in [0.4, 0.5) is 0 Å². The summed E-state index contributed by atoms with van der Waals surface area (Å²) in [6.07, 6.45) is 7.68. The fraction of sp³-hybridized carbons (Fsp3) is 0.667. The summed E-state index contributed by atoms with van der Waals surface area (Å²) in [4.78, 5) is 33.5. The van der Waals surface area contributed by atoms with Gasteiger partial charge in [0.2, 0.25) is 0 Å². The molecule has 0 aromatic rings. The van der Waals surface area contributed by atoms with Crippen molar-refractivity contribution >= 4 is 17.9 Å². The van der Waals surface area contributed by atoms with Crippen molar-refractivity contribution < 1.29 is 34.1 Å². The van der Waals surface area contributed by atoms with Crippen molar-refractivity contribution in [3.8, 4) is 0 Å². The minimum absolute atomic E-state index is 0.00863. The van der Waals surface area contributed by atoms with Gasteiger partial charge in [0.15, 0.2) is 0 Å². The van der Waals surface area contributed by atoms with Crippen molar-refractivity contribution in [1.82, 2.24) is 4.90 Å². The Hall–Kier alpha value is -2.19. The second-order valence-corrected chi connectivity index (χ2v) is 8.42. The number of ether oxygens (including phenoxy) is 2. The minimum Gasteiger partial charge on any atom is -0.478 e. The number of carbonyl (C=O) groups is 3. The summed E-state index contributed by atoms with van der Waals surface area (Å²) in [7, 11) is 4.04. The third-order valence-electron chi connectivity index (χ3n) is 5.67. The average Bonchev–Trinajstić information content (AvgIpc) is 3.19. The van der Waals surface area contributed by atoms with Crippen molar-refractivity contribution in [3.63, 3.8) is 0 Å². The molecule has 3 aliphatic rings. The van der Waals surface area contributed by atoms with Gasteiger partial charge in [-0.3, -0.25) is 4.79 Å². The fourth-order valence-electron chi connectivity index (χ4n) is 4.08. The number of carbonyl (C=O) groups excluding carboxylic acids is 1. The van der Waals surface area contributed by atoms with E-state index in [1.807, 2.05) is 14.1 Å². The zero-order valence-corrected chi connectivity index (χ0v) is 17.5. The summed E-state index contributed by atoms with van der Waals surface area (Å²) < 4.78 is 11.7. The number of rotatable bonds is 4. The van der Waals surface area contributed by atoms with Gasteiger partial charge < -0.3 is 24.6 Å². The van der Waals surface area contributed by atoms with E-state index in [1.165, 1.54) is 5.57 Å². The number of nitrogens with zero attached hydrogens (tertiary/aromatic N) is 1. The first-order valence-electron chi connectivity index (χ1n) is 9.86. The van der Waals surface area contributed by atoms with Crippen LogP contribution in [0.15, 0.2) is 23.8 Å². The van der Waals surface area contributed by atoms with Crippen LogP contribution in [0.5, 0.6) is 0 Å². The summed E-state index contributed by atoms with van der Waals surface area (Å²) in [6.45, 7) is 5.13. The summed E-state index contributed by atoms with van der Waals surface area (Å²) >= 11 is 0. The maximum atomic E-state index is 12.3. The van der Waals surface area contributed by atoms with E-state index in [1.54, 1.807) is 0 Å². The molecular formula is C21H31NO7. The van der Waals surface area contributed by atoms with Crippen molar-refractivity contribution in [3.05, 3.63) is 23.8 Å². The normalized spacial score (nSPS) is 35.5. The molecule has 1 aliphatic carbocycles. The molecule has 0 aromatic carbocycles. The highest BCUT2D eigenvalue weighted by Crippen LogP contribution is 2.50. The molecular weight excluding hydrogens is 378 g/mol. The molecule has 2 aliphatic heterocycles. The second kappa shape index (κ2) is 9.54. The number of allylic oxidation sites excluding steroid dienone is 2. The Bertz CT molecular complexity index is 683. The van der Waals surface area contributed by atoms with Gasteiger partial charge >= 0.3 is 17.9 Å². The molecule has 3 rings (SSSR count). The highest BCUT2D eigenvalue weighted by molar-refractivity contribution is 5.89. The molecule has 0 spiro atoms. The Balaban J connectivity index is 0.000000321. The van der Waals surface area contributed by atoms with E-state index >= 15 is 0 Å². The quantitative estimate of drug-likeness (QED) is 0.314. The molecule has 29 heavy (non-hydrogen) atoms. The Labute approximate surface area is 171 Å². The SMILES string of the molecule is C/C1=C\CC[C@@]2(C)O[C@H]2[C@H]2OC(=O)[C@@H](CN(C)C)[C@@H]2CC1.O=C(O)/C=C/C(=O)O. The molecule has 5 atom stereocenters. The molecule has 0 saturated carbocycles. The molecule has 8 nitrogen and oxygen atoms in total. The summed E-state index contributed by atoms with van der Waals surface area (Å²) in [6, 6.07) is 0. The van der Waals surface area contributed by atoms with E-state index in [2.05, 4.69) is 24.8 Å². The summed E-state index contributed by atoms with van der Waals surface area (Å²) in [5, 5.41) is 15.6. The molecule has 8 heteroatoms. The molecule has 2 heterocycles. The Morgan fingerprint density at radius 2 is 1.90 bits per heavy atom. The van der Waals surface area contributed by atoms with Crippen LogP contribution in [0.2, 0.25) is 0 Å². The lowest BCUT2D eigenvalue weighted by molar-refractivity contribution is -0.145. The third-order valence-corrected chi connectivity index (χ3v) is 5.67. The first kappa shape index (κ1) is 23.1. The zero-order chi connectivity index (χ0) is 21.8. The van der Waals surface area contributed by atoms with Crippen LogP contribution < -0.4 is 0 Å². The first-order chi connectivity index (χ1) is 13.5. The average molecular weight is 409 g/mol. The van der Waals surface area contributed by atoms with Crippen LogP contribution in [0.3, 0.4) is 0 Å². The Morgan fingerprint density at radius 1 is 1.28 bits per heavy atom. The van der Waals surface area contributed by atoms with E-state index in [0.717, 1.165) is 32.2 Å². The number of carboxylic acids is 2. The molecule has 0 radical (unpaired) electrons. The van der Waals surface area contributed by atoms with Crippen LogP contribution in [-0.4, -0.2) is 71.5 Å². The standard InChI is InChI=1S/C17H27NO3.C4H4O4/c1-11-6-5-9-17(2)15(21-17)14-12(8-7-11)13(10-18(3)4)16(19)20-14;5-3(6)1-2-4(7)8/h6,12-15H,5,7-10H2,1-4H3;1-2H,(H,5,6)(H,7,8)/b11-6+;2-1+/t12-,13-,14-,15-,17+;/m0./s1. The third kappa shape index (κ3) is 6.40. The summed E-state index contributed by atoms with van der Waals surface area (Å²) in [5.74, 6) is -2.27. The maximum Gasteiger partial charge on any atom is 0.328 e. The maximum absolute atomic E-state index is 12.3. The van der Waals surface area contributed by atoms with Crippen LogP contribution in [0.1, 0.15) is 39.5 Å². The van der Waals surface area contributed by atoms with Gasteiger partial charge in [0.25, 0.3) is 0 Å². The lowest BCUT2D eigenvalue weighted by atomic mass is 9.80. The van der Waals surface area contributed by atoms with E-state index in [0.29, 0.717) is 12.2 Å². The monoisotopic (exact) mass is 409 g/mol. The van der Waals surface area contributed by atoms with Crippen LogP contribution >= 0.6 is 0 Å². The lowest BCUT2D eigenvalue weighted by Gasteiger charge is -2.23. The largest absolute Gasteiger partial charge is 0.478 e. The highest BCUT2D eigenvalue weighted by atomic mass is 16.6. The number of epoxide rings is 1. The number of fused-ring (bicyclic) bond motifs is 3. The van der Waals surface area contributed by atoms with E-state index in [-0.39, 0.29) is 35.6 Å². The van der Waals surface area contributed by atoms with Crippen molar-refractivity contribution in [2.75, 3.05) is 20.6 Å². The van der Waals surface area contributed by atoms with Crippen molar-refractivity contribution in [2.45, 2.75) is 57.3 Å². The minimum atomic E-state index is -1.26. The van der Waals surface area contributed by atoms with Crippen LogP contribution in [0, 0.1) is 11.8 Å². The molecule has 0 amide bonds. The Morgan fingerprint density at radius 3 is 2.45 bits per heavy atom. The van der Waals surface area contributed by atoms with Gasteiger partial charge in [0.05, 0.1) is 11.5 Å². The van der Waals surface area contributed by atoms with E-state index in [4.69, 9.17) is 19.7 Å². The van der Waals surface area contributed by atoms with Crippen molar-refractivity contribution in [1.29, 1.82) is 0 Å². The molecule has 162 valence electrons. The Kier molecular flexibility index (Phi) is 7.60. The predicted octanol–water partition coefficient (Wildman–Crippen LogP) is 2.10. The van der Waals surface area contributed by atoms with Gasteiger partial charge in [0.1, 0.15) is 12.2 Å². The number of hydrogen-bond acceptors (Lipinski definition) is 6. The van der Waals surface area contributed by atoms with Gasteiger partial charge in [0, 0.05) is 24.6 Å².